The number of rotatable bonds is 6. The molecule has 0 heterocycles. The highest BCUT2D eigenvalue weighted by atomic mass is 16.4. The molecule has 0 aliphatic heterocycles. The van der Waals surface area contributed by atoms with Crippen LogP contribution in [0.3, 0.4) is 0 Å². The van der Waals surface area contributed by atoms with Crippen LogP contribution in [0.5, 0.6) is 0 Å². The maximum absolute atomic E-state index is 15.3. The number of nitrogens with zero attached hydrogens (tertiary/aromatic N) is 1. The number of benzene rings is 1. The van der Waals surface area contributed by atoms with E-state index < -0.39 is 80.1 Å². The van der Waals surface area contributed by atoms with Crippen LogP contribution in [-0.4, -0.2) is 67.3 Å². The van der Waals surface area contributed by atoms with E-state index in [4.69, 9.17) is 11.5 Å². The van der Waals surface area contributed by atoms with Crippen molar-refractivity contribution < 1.29 is 34.8 Å². The van der Waals surface area contributed by atoms with Crippen LogP contribution >= 0.6 is 0 Å². The number of guanidine groups is 1. The Morgan fingerprint density at radius 1 is 1.02 bits per heavy atom. The van der Waals surface area contributed by atoms with Crippen molar-refractivity contribution in [1.29, 1.82) is 0 Å². The number of Topliss-reactive ketones (excluding diaryl/α,β-unsaturated/α-hetero) is 2. The Morgan fingerprint density at radius 3 is 2.31 bits per heavy atom. The zero-order valence-electron chi connectivity index (χ0n) is 32.3. The summed E-state index contributed by atoms with van der Waals surface area (Å²) in [7, 11) is 0. The summed E-state index contributed by atoms with van der Waals surface area (Å²) in [4.78, 5) is 45.4. The molecule has 0 aromatic heterocycles. The quantitative estimate of drug-likeness (QED) is 0.102. The van der Waals surface area contributed by atoms with E-state index in [1.807, 2.05) is 89.3 Å². The van der Waals surface area contributed by atoms with Gasteiger partial charge in [-0.2, -0.15) is 0 Å². The van der Waals surface area contributed by atoms with Crippen molar-refractivity contribution in [1.82, 2.24) is 0 Å². The number of hydrogen-bond donors (Lipinski definition) is 6. The number of carbonyl (C=O) groups excluding carboxylic acids is 2. The summed E-state index contributed by atoms with van der Waals surface area (Å²) in [6.07, 6.45) is 12.2. The Hall–Kier alpha value is -4.12. The Balaban J connectivity index is 1.49. The number of hydrogen-bond acceptors (Lipinski definition) is 7. The molecule has 10 heteroatoms. The number of aliphatic carboxylic acids is 1. The highest BCUT2D eigenvalue weighted by Gasteiger charge is 2.82. The molecule has 1 spiro atoms. The van der Waals surface area contributed by atoms with E-state index in [1.165, 1.54) is 13.0 Å². The Kier molecular flexibility index (Phi) is 8.44. The summed E-state index contributed by atoms with van der Waals surface area (Å²) in [6, 6.07) is 9.06. The van der Waals surface area contributed by atoms with Gasteiger partial charge < -0.3 is 31.9 Å². The average molecular weight is 738 g/mol. The van der Waals surface area contributed by atoms with Crippen LogP contribution in [0.1, 0.15) is 79.7 Å². The van der Waals surface area contributed by atoms with E-state index in [-0.39, 0.29) is 35.9 Å². The Bertz CT molecular complexity index is 2010. The summed E-state index contributed by atoms with van der Waals surface area (Å²) >= 11 is 0. The van der Waals surface area contributed by atoms with Crippen LogP contribution in [0.25, 0.3) is 6.08 Å². The molecular formula is C44H55N3O7. The van der Waals surface area contributed by atoms with Gasteiger partial charge in [0, 0.05) is 57.5 Å². The first kappa shape index (κ1) is 38.2. The zero-order chi connectivity index (χ0) is 39.6. The van der Waals surface area contributed by atoms with Crippen LogP contribution in [-0.2, 0) is 14.4 Å². The molecule has 0 bridgehead atoms. The summed E-state index contributed by atoms with van der Waals surface area (Å²) in [5, 5.41) is 48.2. The summed E-state index contributed by atoms with van der Waals surface area (Å²) in [6.45, 7) is 13.3. The minimum absolute atomic E-state index is 0.0391. The number of aliphatic hydroxyl groups excluding tert-OH is 1. The minimum atomic E-state index is -1.73. The number of ketones is 2. The molecule has 10 nitrogen and oxygen atoms in total. The van der Waals surface area contributed by atoms with Gasteiger partial charge >= 0.3 is 5.97 Å². The van der Waals surface area contributed by atoms with Gasteiger partial charge in [0.2, 0.25) is 0 Å². The first-order chi connectivity index (χ1) is 25.1. The van der Waals surface area contributed by atoms with Crippen LogP contribution < -0.4 is 11.5 Å². The van der Waals surface area contributed by atoms with E-state index in [0.29, 0.717) is 24.0 Å². The highest BCUT2D eigenvalue weighted by molar-refractivity contribution is 6.02. The molecule has 288 valence electrons. The molecule has 6 aliphatic rings. The van der Waals surface area contributed by atoms with E-state index in [1.54, 1.807) is 12.2 Å². The lowest BCUT2D eigenvalue weighted by molar-refractivity contribution is -0.164. The van der Waals surface area contributed by atoms with Gasteiger partial charge in [-0.3, -0.25) is 9.59 Å². The highest BCUT2D eigenvalue weighted by Crippen LogP contribution is 2.82. The van der Waals surface area contributed by atoms with Gasteiger partial charge in [0.15, 0.2) is 11.7 Å². The third-order valence-corrected chi connectivity index (χ3v) is 15.7. The van der Waals surface area contributed by atoms with Crippen molar-refractivity contribution in [2.24, 2.45) is 67.2 Å². The van der Waals surface area contributed by atoms with Crippen molar-refractivity contribution in [2.45, 2.75) is 97.5 Å². The Labute approximate surface area is 317 Å². The number of allylic oxidation sites excluding steroid dienone is 2. The average Bonchev–Trinajstić information content (AvgIpc) is 3.24. The van der Waals surface area contributed by atoms with Crippen molar-refractivity contribution in [3.8, 4) is 0 Å². The van der Waals surface area contributed by atoms with Crippen LogP contribution in [0.4, 0.5) is 0 Å². The van der Waals surface area contributed by atoms with Crippen molar-refractivity contribution in [3.63, 3.8) is 0 Å². The monoisotopic (exact) mass is 737 g/mol. The third kappa shape index (κ3) is 4.68. The van der Waals surface area contributed by atoms with Gasteiger partial charge in [-0.05, 0) is 60.3 Å². The van der Waals surface area contributed by atoms with Gasteiger partial charge in [0.05, 0.1) is 17.7 Å². The second kappa shape index (κ2) is 11.9. The van der Waals surface area contributed by atoms with E-state index in [0.717, 1.165) is 5.56 Å². The molecule has 1 aromatic carbocycles. The number of carbonyl (C=O) groups is 3. The number of carboxylic acids is 1. The topological polar surface area (TPSA) is 197 Å². The van der Waals surface area contributed by atoms with Crippen molar-refractivity contribution in [3.05, 3.63) is 89.1 Å². The lowest BCUT2D eigenvalue weighted by Gasteiger charge is -2.68. The molecule has 0 saturated heterocycles. The summed E-state index contributed by atoms with van der Waals surface area (Å²) in [5.74, 6) is -3.67. The predicted octanol–water partition coefficient (Wildman–Crippen LogP) is 4.90. The molecule has 0 unspecified atom stereocenters. The lowest BCUT2D eigenvalue weighted by atomic mass is 9.35. The summed E-state index contributed by atoms with van der Waals surface area (Å²) in [5.41, 5.74) is 5.56. The van der Waals surface area contributed by atoms with Crippen molar-refractivity contribution >= 4 is 29.6 Å². The van der Waals surface area contributed by atoms with E-state index >= 15 is 4.79 Å². The molecule has 8 N–H and O–H groups in total. The molecular weight excluding hydrogens is 682 g/mol. The fourth-order valence-electron chi connectivity index (χ4n) is 13.0. The molecule has 2 fully saturated rings. The normalized spacial score (nSPS) is 44.0. The molecule has 2 saturated carbocycles. The van der Waals surface area contributed by atoms with Gasteiger partial charge in [0.1, 0.15) is 11.4 Å². The zero-order valence-corrected chi connectivity index (χ0v) is 32.3. The third-order valence-electron chi connectivity index (χ3n) is 15.7. The number of nitrogens with two attached hydrogens (primary N) is 2. The van der Waals surface area contributed by atoms with Gasteiger partial charge in [0.25, 0.3) is 0 Å². The van der Waals surface area contributed by atoms with Gasteiger partial charge in [-0.15, -0.1) is 0 Å². The Morgan fingerprint density at radius 2 is 1.69 bits per heavy atom. The summed E-state index contributed by atoms with van der Waals surface area (Å²) < 4.78 is 0. The fraction of sp³-hybridized carbons (Fsp3) is 0.545. The smallest absolute Gasteiger partial charge is 0.331 e. The van der Waals surface area contributed by atoms with Crippen molar-refractivity contribution in [2.75, 3.05) is 0 Å². The second-order valence-electron chi connectivity index (χ2n) is 18.4. The molecule has 0 amide bonds. The molecule has 54 heavy (non-hydrogen) atoms. The van der Waals surface area contributed by atoms with E-state index in [2.05, 4.69) is 11.9 Å². The number of aliphatic hydroxyl groups is 3. The lowest BCUT2D eigenvalue weighted by Crippen LogP contribution is -2.70. The number of carboxylic acid groups (broad SMARTS) is 1. The predicted molar refractivity (Wildman–Crippen MR) is 206 cm³/mol. The standard InChI is InChI=1S/C44H55N3O7/c1-24(36(51)52)21-29(48)32-25(2)42(18-15-28(32)47-37(45)46)23-43(53)19-20-44(54)27(14-13-26-11-9-8-10-12-26)34-38(3,4)31(50)16-17-39(34,5)33-30(49)22-40(42,6)41(43,7)35(33)44/h8-15,18-21,25,27-29,32,34,48,53-54H,16-17,22-23H2,1-7H3,(H,51,52)(H4,45,46,47)/b14-13+,24-21+/t25-,27+,28-,29-,32+,34-,39-,40+,41+,42-,43+,44-/m1/s1. The van der Waals surface area contributed by atoms with Crippen LogP contribution in [0.15, 0.2) is 88.5 Å². The minimum Gasteiger partial charge on any atom is -0.478 e. The first-order valence-electron chi connectivity index (χ1n) is 19.1. The van der Waals surface area contributed by atoms with Gasteiger partial charge in [-0.25, -0.2) is 9.79 Å². The molecule has 6 aliphatic carbocycles. The maximum atomic E-state index is 15.3. The molecule has 7 rings (SSSR count). The fourth-order valence-corrected chi connectivity index (χ4v) is 13.0. The largest absolute Gasteiger partial charge is 0.478 e. The second-order valence-corrected chi connectivity index (χ2v) is 18.4. The first-order valence-corrected chi connectivity index (χ1v) is 19.1. The molecule has 0 radical (unpaired) electrons. The maximum Gasteiger partial charge on any atom is 0.331 e. The van der Waals surface area contributed by atoms with Crippen LogP contribution in [0.2, 0.25) is 0 Å². The SMILES string of the molecule is C/C(=C\[C@@H](O)[C@H]1[C@@H](C)[C@@]2(C=C[C@H]1N=C(N)N)C[C@@]1(O)C=C[C@]3(O)C4=C(C(=O)C[C@@]2(C)[C@]41C)[C@@]1(C)CCC(=O)C(C)(C)[C@H]1[C@@H]3/C=C/c1ccccc1)C(=O)O. The van der Waals surface area contributed by atoms with Crippen LogP contribution in [0, 0.1) is 50.7 Å². The number of fused-ring (bicyclic) bond motifs is 3. The molecule has 1 aromatic rings. The number of aliphatic imine (C=N–C) groups is 1. The molecule has 12 atom stereocenters. The van der Waals surface area contributed by atoms with E-state index in [9.17, 15) is 30.0 Å². The van der Waals surface area contributed by atoms with Gasteiger partial charge in [-0.1, -0.05) is 102 Å².